The second kappa shape index (κ2) is 8.84. The van der Waals surface area contributed by atoms with Gasteiger partial charge in [0.25, 0.3) is 5.69 Å². The van der Waals surface area contributed by atoms with Crippen LogP contribution in [0.25, 0.3) is 0 Å². The third-order valence-corrected chi connectivity index (χ3v) is 8.42. The lowest BCUT2D eigenvalue weighted by Crippen LogP contribution is -2.39. The van der Waals surface area contributed by atoms with E-state index in [4.69, 9.17) is 11.6 Å². The number of halogens is 1. The Kier molecular flexibility index (Phi) is 5.65. The molecule has 0 unspecified atom stereocenters. The Labute approximate surface area is 227 Å². The molecule has 1 heterocycles. The maximum atomic E-state index is 13.9. The van der Waals surface area contributed by atoms with E-state index < -0.39 is 40.4 Å². The van der Waals surface area contributed by atoms with Gasteiger partial charge < -0.3 is 5.11 Å². The van der Waals surface area contributed by atoms with Crippen LogP contribution in [0.5, 0.6) is 5.75 Å². The molecular weight excluding hydrogens is 524 g/mol. The van der Waals surface area contributed by atoms with Gasteiger partial charge in [0.05, 0.1) is 22.4 Å². The molecule has 1 aliphatic heterocycles. The van der Waals surface area contributed by atoms with E-state index in [-0.39, 0.29) is 58.3 Å². The van der Waals surface area contributed by atoms with Crippen molar-refractivity contribution in [1.29, 1.82) is 0 Å². The maximum absolute atomic E-state index is 13.9. The quantitative estimate of drug-likeness (QED) is 0.196. The molecule has 4 aliphatic rings. The molecule has 9 nitrogen and oxygen atoms in total. The lowest BCUT2D eigenvalue weighted by atomic mass is 9.59. The number of fused-ring (bicyclic) bond motifs is 3. The maximum Gasteiger partial charge on any atom is 0.269 e. The minimum Gasteiger partial charge on any atom is -0.508 e. The van der Waals surface area contributed by atoms with Crippen LogP contribution in [0.2, 0.25) is 5.02 Å². The van der Waals surface area contributed by atoms with Crippen molar-refractivity contribution in [1.82, 2.24) is 0 Å². The first-order valence-electron chi connectivity index (χ1n) is 12.4. The van der Waals surface area contributed by atoms with E-state index >= 15 is 0 Å². The number of non-ortho nitro benzene ring substituents is 1. The smallest absolute Gasteiger partial charge is 0.269 e. The Morgan fingerprint density at radius 2 is 1.74 bits per heavy atom. The number of allylic oxidation sites excluding steroid dienone is 6. The summed E-state index contributed by atoms with van der Waals surface area (Å²) in [5, 5.41) is 22.2. The summed E-state index contributed by atoms with van der Waals surface area (Å²) in [7, 11) is 0. The molecule has 0 radical (unpaired) electrons. The minimum absolute atomic E-state index is 0.100. The van der Waals surface area contributed by atoms with Crippen LogP contribution >= 0.6 is 11.6 Å². The molecule has 1 fully saturated rings. The van der Waals surface area contributed by atoms with Gasteiger partial charge in [-0.25, -0.2) is 0 Å². The van der Waals surface area contributed by atoms with Gasteiger partial charge in [-0.1, -0.05) is 23.3 Å². The number of rotatable bonds is 3. The fraction of sp³-hybridized carbons (Fsp3) is 0.241. The first-order valence-corrected chi connectivity index (χ1v) is 12.8. The Hall–Kier alpha value is -4.37. The van der Waals surface area contributed by atoms with Crippen LogP contribution in [-0.4, -0.2) is 33.4 Å². The van der Waals surface area contributed by atoms with E-state index in [0.29, 0.717) is 16.2 Å². The number of phenolic OH excluding ortho intramolecular Hbond substituents is 1. The number of amides is 2. The number of benzene rings is 2. The summed E-state index contributed by atoms with van der Waals surface area (Å²) in [5.74, 6) is -4.51. The number of aromatic hydroxyl groups is 1. The SMILES string of the molecule is CC1=CC(=O)C2=C(C[C@@H]3C(=CC[C@@H]4C(=O)N(c5ccc([N+](=O)[O-])cc5)C(=O)[C@@H]43)[C@@H]2c2cc(Cl)ccc2O)C1=O. The number of hydrogen-bond acceptors (Lipinski definition) is 7. The van der Waals surface area contributed by atoms with Gasteiger partial charge in [0, 0.05) is 45.4 Å². The molecule has 1 saturated heterocycles. The van der Waals surface area contributed by atoms with E-state index in [9.17, 15) is 34.4 Å². The van der Waals surface area contributed by atoms with E-state index in [1.165, 1.54) is 42.5 Å². The molecule has 1 N–H and O–H groups in total. The van der Waals surface area contributed by atoms with Crippen LogP contribution in [0.4, 0.5) is 11.4 Å². The summed E-state index contributed by atoms with van der Waals surface area (Å²) in [6.45, 7) is 1.56. The van der Waals surface area contributed by atoms with Crippen molar-refractivity contribution < 1.29 is 29.2 Å². The first-order chi connectivity index (χ1) is 18.6. The van der Waals surface area contributed by atoms with Gasteiger partial charge in [-0.15, -0.1) is 0 Å². The van der Waals surface area contributed by atoms with Crippen molar-refractivity contribution in [3.05, 3.63) is 97.6 Å². The fourth-order valence-electron chi connectivity index (χ4n) is 6.47. The number of nitro groups is 1. The number of ketones is 2. The van der Waals surface area contributed by atoms with E-state index in [1.54, 1.807) is 13.0 Å². The third-order valence-electron chi connectivity index (χ3n) is 8.18. The predicted molar refractivity (Wildman–Crippen MR) is 140 cm³/mol. The van der Waals surface area contributed by atoms with Crippen molar-refractivity contribution in [3.63, 3.8) is 0 Å². The highest BCUT2D eigenvalue weighted by Crippen LogP contribution is 2.56. The Balaban J connectivity index is 1.47. The molecule has 2 aromatic rings. The van der Waals surface area contributed by atoms with Crippen molar-refractivity contribution in [2.45, 2.75) is 25.7 Å². The average molecular weight is 545 g/mol. The van der Waals surface area contributed by atoms with Gasteiger partial charge in [0.1, 0.15) is 5.75 Å². The number of imide groups is 1. The van der Waals surface area contributed by atoms with Gasteiger partial charge >= 0.3 is 0 Å². The summed E-state index contributed by atoms with van der Waals surface area (Å²) in [5.41, 5.74) is 1.92. The third kappa shape index (κ3) is 3.68. The zero-order valence-corrected chi connectivity index (χ0v) is 21.3. The molecule has 10 heteroatoms. The fourth-order valence-corrected chi connectivity index (χ4v) is 6.65. The molecule has 0 spiro atoms. The molecular formula is C29H21ClN2O7. The van der Waals surface area contributed by atoms with Gasteiger partial charge in [0.2, 0.25) is 11.8 Å². The summed E-state index contributed by atoms with van der Waals surface area (Å²) >= 11 is 6.27. The zero-order valence-electron chi connectivity index (χ0n) is 20.6. The summed E-state index contributed by atoms with van der Waals surface area (Å²) in [4.78, 5) is 65.5. The largest absolute Gasteiger partial charge is 0.508 e. The van der Waals surface area contributed by atoms with Crippen molar-refractivity contribution >= 4 is 46.4 Å². The zero-order chi connectivity index (χ0) is 27.7. The van der Waals surface area contributed by atoms with Gasteiger partial charge in [-0.05, 0) is 62.1 Å². The van der Waals surface area contributed by atoms with Crippen LogP contribution in [0.1, 0.15) is 31.2 Å². The number of hydrogen-bond donors (Lipinski definition) is 1. The normalized spacial score (nSPS) is 26.2. The average Bonchev–Trinajstić information content (AvgIpc) is 3.17. The topological polar surface area (TPSA) is 135 Å². The Morgan fingerprint density at radius 1 is 1.03 bits per heavy atom. The Morgan fingerprint density at radius 3 is 2.44 bits per heavy atom. The van der Waals surface area contributed by atoms with Crippen molar-refractivity contribution in [2.75, 3.05) is 4.90 Å². The summed E-state index contributed by atoms with van der Waals surface area (Å²) in [6, 6.07) is 9.69. The molecule has 4 atom stereocenters. The van der Waals surface area contributed by atoms with Crippen LogP contribution in [0, 0.1) is 27.9 Å². The van der Waals surface area contributed by atoms with E-state index in [0.717, 1.165) is 4.90 Å². The molecule has 0 saturated carbocycles. The molecule has 196 valence electrons. The van der Waals surface area contributed by atoms with Crippen LogP contribution < -0.4 is 4.90 Å². The summed E-state index contributed by atoms with van der Waals surface area (Å²) in [6.07, 6.45) is 3.46. The molecule has 2 aromatic carbocycles. The minimum atomic E-state index is -0.810. The van der Waals surface area contributed by atoms with Crippen LogP contribution in [-0.2, 0) is 19.2 Å². The molecule has 2 amide bonds. The highest BCUT2D eigenvalue weighted by molar-refractivity contribution is 6.30. The number of anilines is 1. The number of Topliss-reactive ketones (excluding diaryl/α,β-unsaturated/α-hetero) is 1. The highest BCUT2D eigenvalue weighted by Gasteiger charge is 2.56. The number of carbonyl (C=O) groups excluding carboxylic acids is 4. The standard InChI is InChI=1S/C29H21ClN2O7/c1-13-10-23(34)26-21(27(13)35)12-19-17(24(26)20-11-14(30)2-9-22(20)33)7-8-18-25(19)29(37)31(28(18)36)15-3-5-16(6-4-15)32(38)39/h2-7,9-11,18-19,24-25,33H,8,12H2,1H3/t18-,19+,24+,25-/m0/s1. The lowest BCUT2D eigenvalue weighted by molar-refractivity contribution is -0.384. The van der Waals surface area contributed by atoms with E-state index in [2.05, 4.69) is 0 Å². The van der Waals surface area contributed by atoms with Crippen LogP contribution in [0.3, 0.4) is 0 Å². The first kappa shape index (κ1) is 24.9. The lowest BCUT2D eigenvalue weighted by Gasteiger charge is -2.42. The molecule has 6 rings (SSSR count). The van der Waals surface area contributed by atoms with Gasteiger partial charge in [-0.2, -0.15) is 0 Å². The highest BCUT2D eigenvalue weighted by atomic mass is 35.5. The van der Waals surface area contributed by atoms with Gasteiger partial charge in [0.15, 0.2) is 11.6 Å². The van der Waals surface area contributed by atoms with E-state index in [1.807, 2.05) is 6.08 Å². The number of nitro benzene ring substituents is 1. The molecule has 3 aliphatic carbocycles. The predicted octanol–water partition coefficient (Wildman–Crippen LogP) is 4.59. The Bertz CT molecular complexity index is 1620. The van der Waals surface area contributed by atoms with Crippen LogP contribution in [0.15, 0.2) is 76.9 Å². The second-order valence-electron chi connectivity index (χ2n) is 10.2. The number of phenols is 1. The number of nitrogens with zero attached hydrogens (tertiary/aromatic N) is 2. The molecule has 0 aromatic heterocycles. The van der Waals surface area contributed by atoms with Gasteiger partial charge in [-0.3, -0.25) is 34.2 Å². The van der Waals surface area contributed by atoms with Crippen molar-refractivity contribution in [2.24, 2.45) is 17.8 Å². The van der Waals surface area contributed by atoms with Crippen molar-refractivity contribution in [3.8, 4) is 5.75 Å². The second-order valence-corrected chi connectivity index (χ2v) is 10.7. The number of carbonyl (C=O) groups is 4. The summed E-state index contributed by atoms with van der Waals surface area (Å²) < 4.78 is 0. The monoisotopic (exact) mass is 544 g/mol. The molecule has 0 bridgehead atoms. The molecule has 39 heavy (non-hydrogen) atoms.